The van der Waals surface area contributed by atoms with Crippen LogP contribution in [-0.4, -0.2) is 37.2 Å². The number of rotatable bonds is 4. The maximum Gasteiger partial charge on any atom is 0.426 e. The van der Waals surface area contributed by atoms with Crippen LogP contribution in [0.2, 0.25) is 0 Å². The molecule has 0 saturated heterocycles. The zero-order chi connectivity index (χ0) is 14.7. The van der Waals surface area contributed by atoms with Crippen LogP contribution in [0.1, 0.15) is 20.3 Å². The lowest BCUT2D eigenvalue weighted by atomic mass is 10.4. The Morgan fingerprint density at radius 2 is 1.11 bits per heavy atom. The maximum absolute atomic E-state index is 11.1. The third kappa shape index (κ3) is 9.21. The highest BCUT2D eigenvalue weighted by Gasteiger charge is 2.11. The second-order valence-electron chi connectivity index (χ2n) is 2.96. The van der Waals surface area contributed by atoms with Crippen molar-refractivity contribution in [1.82, 2.24) is 21.7 Å². The van der Waals surface area contributed by atoms with E-state index in [-0.39, 0.29) is 13.2 Å². The molecule has 0 heterocycles. The SMILES string of the molecule is CCOC(=O)NNC(=O)CC(=O)NNC(=O)OCC. The highest BCUT2D eigenvalue weighted by Crippen LogP contribution is 1.80. The number of carbonyl (C=O) groups excluding carboxylic acids is 4. The fraction of sp³-hybridized carbons (Fsp3) is 0.556. The monoisotopic (exact) mass is 276 g/mol. The zero-order valence-corrected chi connectivity index (χ0v) is 10.6. The minimum Gasteiger partial charge on any atom is -0.449 e. The number of carbonyl (C=O) groups is 4. The summed E-state index contributed by atoms with van der Waals surface area (Å²) in [4.78, 5) is 43.9. The van der Waals surface area contributed by atoms with Gasteiger partial charge in [-0.2, -0.15) is 0 Å². The molecule has 0 atom stereocenters. The van der Waals surface area contributed by atoms with Gasteiger partial charge in [-0.1, -0.05) is 0 Å². The maximum atomic E-state index is 11.1. The van der Waals surface area contributed by atoms with Crippen molar-refractivity contribution in [3.05, 3.63) is 0 Å². The highest BCUT2D eigenvalue weighted by molar-refractivity contribution is 5.97. The van der Waals surface area contributed by atoms with Crippen LogP contribution in [0.15, 0.2) is 0 Å². The molecule has 0 radical (unpaired) electrons. The Labute approximate surface area is 109 Å². The largest absolute Gasteiger partial charge is 0.449 e. The van der Waals surface area contributed by atoms with E-state index in [1.807, 2.05) is 21.7 Å². The Kier molecular flexibility index (Phi) is 8.24. The molecule has 4 N–H and O–H groups in total. The van der Waals surface area contributed by atoms with Gasteiger partial charge in [0.15, 0.2) is 0 Å². The number of hydrazine groups is 2. The number of hydrogen-bond donors (Lipinski definition) is 4. The van der Waals surface area contributed by atoms with E-state index in [0.717, 1.165) is 0 Å². The second-order valence-corrected chi connectivity index (χ2v) is 2.96. The van der Waals surface area contributed by atoms with Gasteiger partial charge in [0.05, 0.1) is 13.2 Å². The van der Waals surface area contributed by atoms with Crippen LogP contribution in [0.3, 0.4) is 0 Å². The summed E-state index contributed by atoms with van der Waals surface area (Å²) in [6.07, 6.45) is -2.29. The minimum atomic E-state index is -0.846. The third-order valence-electron chi connectivity index (χ3n) is 1.48. The van der Waals surface area contributed by atoms with E-state index in [0.29, 0.717) is 0 Å². The molecule has 10 nitrogen and oxygen atoms in total. The van der Waals surface area contributed by atoms with Crippen molar-refractivity contribution in [3.63, 3.8) is 0 Å². The van der Waals surface area contributed by atoms with Gasteiger partial charge in [0, 0.05) is 0 Å². The average Bonchev–Trinajstić information content (AvgIpc) is 2.35. The molecule has 0 aliphatic heterocycles. The fourth-order valence-electron chi connectivity index (χ4n) is 0.810. The van der Waals surface area contributed by atoms with E-state index < -0.39 is 30.4 Å². The summed E-state index contributed by atoms with van der Waals surface area (Å²) in [5, 5.41) is 0. The minimum absolute atomic E-state index is 0.144. The van der Waals surface area contributed by atoms with Crippen molar-refractivity contribution in [2.24, 2.45) is 0 Å². The van der Waals surface area contributed by atoms with Gasteiger partial charge in [0.25, 0.3) is 0 Å². The van der Waals surface area contributed by atoms with Crippen LogP contribution in [-0.2, 0) is 19.1 Å². The lowest BCUT2D eigenvalue weighted by molar-refractivity contribution is -0.130. The highest BCUT2D eigenvalue weighted by atomic mass is 16.6. The Morgan fingerprint density at radius 3 is 1.42 bits per heavy atom. The van der Waals surface area contributed by atoms with Crippen molar-refractivity contribution in [3.8, 4) is 0 Å². The van der Waals surface area contributed by atoms with Crippen molar-refractivity contribution < 1.29 is 28.7 Å². The molecule has 0 aromatic heterocycles. The van der Waals surface area contributed by atoms with Crippen LogP contribution in [0, 0.1) is 0 Å². The van der Waals surface area contributed by atoms with Gasteiger partial charge in [-0.05, 0) is 13.8 Å². The summed E-state index contributed by atoms with van der Waals surface area (Å²) >= 11 is 0. The number of amides is 4. The molecule has 0 unspecified atom stereocenters. The van der Waals surface area contributed by atoms with E-state index in [2.05, 4.69) is 9.47 Å². The molecule has 4 amide bonds. The van der Waals surface area contributed by atoms with Crippen molar-refractivity contribution in [1.29, 1.82) is 0 Å². The normalized spacial score (nSPS) is 8.95. The van der Waals surface area contributed by atoms with E-state index in [4.69, 9.17) is 0 Å². The number of hydrogen-bond acceptors (Lipinski definition) is 6. The van der Waals surface area contributed by atoms with Crippen LogP contribution >= 0.6 is 0 Å². The van der Waals surface area contributed by atoms with Gasteiger partial charge in [0.1, 0.15) is 6.42 Å². The molecule has 0 saturated carbocycles. The molecule has 0 bridgehead atoms. The molecule has 108 valence electrons. The molecule has 0 aromatic carbocycles. The predicted molar refractivity (Wildman–Crippen MR) is 61.2 cm³/mol. The standard InChI is InChI=1S/C9H16N4O6/c1-3-18-8(16)12-10-6(14)5-7(15)11-13-9(17)19-4-2/h3-5H2,1-2H3,(H,10,14)(H,11,15)(H,12,16)(H,13,17). The van der Waals surface area contributed by atoms with Crippen LogP contribution < -0.4 is 21.7 Å². The van der Waals surface area contributed by atoms with Crippen molar-refractivity contribution >= 4 is 24.0 Å². The van der Waals surface area contributed by atoms with Gasteiger partial charge < -0.3 is 9.47 Å². The Morgan fingerprint density at radius 1 is 0.737 bits per heavy atom. The van der Waals surface area contributed by atoms with Gasteiger partial charge in [-0.25, -0.2) is 20.4 Å². The smallest absolute Gasteiger partial charge is 0.426 e. The molecule has 0 aliphatic rings. The molecule has 19 heavy (non-hydrogen) atoms. The summed E-state index contributed by atoms with van der Waals surface area (Å²) < 4.78 is 8.93. The van der Waals surface area contributed by atoms with Gasteiger partial charge in [-0.3, -0.25) is 20.4 Å². The van der Waals surface area contributed by atoms with Crippen LogP contribution in [0.5, 0.6) is 0 Å². The Bertz CT molecular complexity index is 314. The summed E-state index contributed by atoms with van der Waals surface area (Å²) in [5.74, 6) is -1.56. The van der Waals surface area contributed by atoms with E-state index >= 15 is 0 Å². The quantitative estimate of drug-likeness (QED) is 0.381. The molecule has 0 aliphatic carbocycles. The fourth-order valence-corrected chi connectivity index (χ4v) is 0.810. The van der Waals surface area contributed by atoms with Gasteiger partial charge in [-0.15, -0.1) is 0 Å². The first-order valence-electron chi connectivity index (χ1n) is 5.42. The molecular formula is C9H16N4O6. The van der Waals surface area contributed by atoms with Gasteiger partial charge in [0.2, 0.25) is 11.8 Å². The van der Waals surface area contributed by atoms with Crippen molar-refractivity contribution in [2.45, 2.75) is 20.3 Å². The first-order valence-corrected chi connectivity index (χ1v) is 5.42. The summed E-state index contributed by atoms with van der Waals surface area (Å²) in [7, 11) is 0. The third-order valence-corrected chi connectivity index (χ3v) is 1.48. The first kappa shape index (κ1) is 16.5. The van der Waals surface area contributed by atoms with E-state index in [1.54, 1.807) is 13.8 Å². The molecule has 10 heteroatoms. The Balaban J connectivity index is 3.78. The molecule has 0 rings (SSSR count). The lowest BCUT2D eigenvalue weighted by Gasteiger charge is -2.08. The summed E-state index contributed by atoms with van der Waals surface area (Å²) in [6, 6.07) is 0. The second kappa shape index (κ2) is 9.50. The van der Waals surface area contributed by atoms with Crippen molar-refractivity contribution in [2.75, 3.05) is 13.2 Å². The lowest BCUT2D eigenvalue weighted by Crippen LogP contribution is -2.46. The van der Waals surface area contributed by atoms with Crippen LogP contribution in [0.4, 0.5) is 9.59 Å². The summed E-state index contributed by atoms with van der Waals surface area (Å²) in [5.41, 5.74) is 7.73. The number of nitrogens with one attached hydrogen (secondary N) is 4. The summed E-state index contributed by atoms with van der Waals surface area (Å²) in [6.45, 7) is 3.48. The first-order chi connectivity index (χ1) is 8.99. The molecule has 0 spiro atoms. The average molecular weight is 276 g/mol. The Hall–Kier alpha value is -2.52. The number of ether oxygens (including phenoxy) is 2. The van der Waals surface area contributed by atoms with Crippen LogP contribution in [0.25, 0.3) is 0 Å². The van der Waals surface area contributed by atoms with Gasteiger partial charge >= 0.3 is 12.2 Å². The topological polar surface area (TPSA) is 135 Å². The molecule has 0 fully saturated rings. The van der Waals surface area contributed by atoms with E-state index in [1.165, 1.54) is 0 Å². The van der Waals surface area contributed by atoms with E-state index in [9.17, 15) is 19.2 Å². The predicted octanol–water partition coefficient (Wildman–Crippen LogP) is -1.07. The zero-order valence-electron chi connectivity index (χ0n) is 10.6. The molecule has 0 aromatic rings. The molecular weight excluding hydrogens is 260 g/mol.